The minimum atomic E-state index is -0.274. The maximum atomic E-state index is 12.8. The second-order valence-electron chi connectivity index (χ2n) is 6.70. The summed E-state index contributed by atoms with van der Waals surface area (Å²) >= 11 is 6.06. The molecule has 3 heterocycles. The summed E-state index contributed by atoms with van der Waals surface area (Å²) in [5.74, 6) is 0.553. The fourth-order valence-electron chi connectivity index (χ4n) is 2.85. The van der Waals surface area contributed by atoms with Gasteiger partial charge >= 0.3 is 0 Å². The van der Waals surface area contributed by atoms with Gasteiger partial charge in [0.1, 0.15) is 0 Å². The molecule has 0 aliphatic heterocycles. The Hall–Kier alpha value is -2.67. The van der Waals surface area contributed by atoms with E-state index in [2.05, 4.69) is 20.9 Å². The summed E-state index contributed by atoms with van der Waals surface area (Å²) in [6.45, 7) is 4.09. The Morgan fingerprint density at radius 1 is 1.38 bits per heavy atom. The first-order chi connectivity index (χ1) is 12.5. The summed E-state index contributed by atoms with van der Waals surface area (Å²) in [6.07, 6.45) is 5.51. The van der Waals surface area contributed by atoms with Crippen LogP contribution in [0.2, 0.25) is 5.02 Å². The number of fused-ring (bicyclic) bond motifs is 1. The average molecular weight is 371 g/mol. The Labute approximate surface area is 155 Å². The number of amides is 1. The van der Waals surface area contributed by atoms with Crippen LogP contribution in [0.25, 0.3) is 11.0 Å². The van der Waals surface area contributed by atoms with Crippen molar-refractivity contribution in [3.05, 3.63) is 46.9 Å². The van der Waals surface area contributed by atoms with Gasteiger partial charge in [-0.1, -0.05) is 11.6 Å². The van der Waals surface area contributed by atoms with Crippen LogP contribution in [0.5, 0.6) is 0 Å². The fourth-order valence-corrected chi connectivity index (χ4v) is 3.02. The highest BCUT2D eigenvalue weighted by Gasteiger charge is 2.28. The molecule has 0 radical (unpaired) electrons. The van der Waals surface area contributed by atoms with E-state index in [-0.39, 0.29) is 11.9 Å². The largest absolute Gasteiger partial charge is 0.280 e. The van der Waals surface area contributed by atoms with Gasteiger partial charge in [0.15, 0.2) is 11.5 Å². The molecule has 26 heavy (non-hydrogen) atoms. The molecule has 3 aromatic heterocycles. The minimum Gasteiger partial charge on any atom is -0.280 e. The van der Waals surface area contributed by atoms with Crippen molar-refractivity contribution in [3.8, 4) is 0 Å². The number of anilines is 1. The molecule has 1 fully saturated rings. The van der Waals surface area contributed by atoms with Gasteiger partial charge in [0.25, 0.3) is 5.91 Å². The zero-order valence-electron chi connectivity index (χ0n) is 14.5. The number of hydrogen-bond donors (Lipinski definition) is 2. The van der Waals surface area contributed by atoms with Gasteiger partial charge < -0.3 is 0 Å². The first-order valence-electron chi connectivity index (χ1n) is 8.59. The van der Waals surface area contributed by atoms with Crippen LogP contribution in [0.1, 0.15) is 54.7 Å². The zero-order valence-corrected chi connectivity index (χ0v) is 15.3. The quantitative estimate of drug-likeness (QED) is 0.669. The molecule has 134 valence electrons. The number of rotatable bonds is 5. The van der Waals surface area contributed by atoms with Gasteiger partial charge in [-0.05, 0) is 44.9 Å². The van der Waals surface area contributed by atoms with E-state index < -0.39 is 0 Å². The lowest BCUT2D eigenvalue weighted by molar-refractivity contribution is 0.0964. The molecule has 0 aromatic carbocycles. The molecule has 1 saturated carbocycles. The number of pyridine rings is 2. The molecule has 0 unspecified atom stereocenters. The Balaban J connectivity index is 1.68. The van der Waals surface area contributed by atoms with Gasteiger partial charge in [0.05, 0.1) is 22.2 Å². The van der Waals surface area contributed by atoms with Crippen molar-refractivity contribution < 1.29 is 4.79 Å². The molecular formula is C18H19ClN6O. The highest BCUT2D eigenvalue weighted by atomic mass is 35.5. The molecule has 1 amide bonds. The van der Waals surface area contributed by atoms with E-state index in [4.69, 9.17) is 16.6 Å². The van der Waals surface area contributed by atoms with Gasteiger partial charge in [-0.15, -0.1) is 0 Å². The van der Waals surface area contributed by atoms with Crippen molar-refractivity contribution in [2.45, 2.75) is 38.6 Å². The topological polar surface area (TPSA) is 84.7 Å². The third-order valence-corrected chi connectivity index (χ3v) is 4.67. The van der Waals surface area contributed by atoms with E-state index in [1.807, 2.05) is 24.6 Å². The molecule has 2 N–H and O–H groups in total. The molecule has 0 bridgehead atoms. The number of halogens is 1. The van der Waals surface area contributed by atoms with Gasteiger partial charge in [-0.2, -0.15) is 5.10 Å². The Morgan fingerprint density at radius 2 is 2.19 bits per heavy atom. The van der Waals surface area contributed by atoms with Crippen LogP contribution in [-0.4, -0.2) is 25.7 Å². The number of hydrogen-bond acceptors (Lipinski definition) is 5. The van der Waals surface area contributed by atoms with Crippen molar-refractivity contribution in [3.63, 3.8) is 0 Å². The fraction of sp³-hybridized carbons (Fsp3) is 0.333. The van der Waals surface area contributed by atoms with Crippen molar-refractivity contribution in [2.75, 3.05) is 5.43 Å². The first-order valence-corrected chi connectivity index (χ1v) is 8.97. The molecule has 8 heteroatoms. The van der Waals surface area contributed by atoms with Gasteiger partial charge in [0, 0.05) is 23.9 Å². The molecule has 3 aromatic rings. The molecule has 0 spiro atoms. The van der Waals surface area contributed by atoms with E-state index in [0.717, 1.165) is 29.6 Å². The number of carbonyl (C=O) groups excluding carboxylic acids is 1. The Morgan fingerprint density at radius 3 is 2.88 bits per heavy atom. The molecule has 4 rings (SSSR count). The summed E-state index contributed by atoms with van der Waals surface area (Å²) in [6, 6.07) is 5.45. The van der Waals surface area contributed by atoms with E-state index in [9.17, 15) is 4.79 Å². The molecule has 7 nitrogen and oxygen atoms in total. The predicted octanol–water partition coefficient (Wildman–Crippen LogP) is 3.69. The number of aromatic nitrogens is 4. The third-order valence-electron chi connectivity index (χ3n) is 4.37. The van der Waals surface area contributed by atoms with Crippen molar-refractivity contribution in [1.82, 2.24) is 25.2 Å². The lowest BCUT2D eigenvalue weighted by atomic mass is 10.1. The lowest BCUT2D eigenvalue weighted by Gasteiger charge is -2.12. The van der Waals surface area contributed by atoms with Crippen molar-refractivity contribution in [2.24, 2.45) is 0 Å². The first kappa shape index (κ1) is 16.8. The van der Waals surface area contributed by atoms with Crippen LogP contribution in [0.15, 0.2) is 30.6 Å². The standard InChI is InChI=1S/C18H19ClN6O/c1-10(2)25-17-13(9-21-25)12(8-15(22-17)11-5-6-11)18(26)24-23-16-14(19)4-3-7-20-16/h3-4,7-11H,5-6H2,1-2H3,(H,20,23)(H,24,26). The number of carbonyl (C=O) groups is 1. The van der Waals surface area contributed by atoms with Gasteiger partial charge in [0.2, 0.25) is 0 Å². The number of nitrogens with one attached hydrogen (secondary N) is 2. The van der Waals surface area contributed by atoms with Crippen molar-refractivity contribution >= 4 is 34.4 Å². The SMILES string of the molecule is CC(C)n1ncc2c(C(=O)NNc3ncccc3Cl)cc(C3CC3)nc21. The normalized spacial score (nSPS) is 14.0. The molecule has 1 aliphatic rings. The summed E-state index contributed by atoms with van der Waals surface area (Å²) in [7, 11) is 0. The van der Waals surface area contributed by atoms with Crippen LogP contribution in [0.4, 0.5) is 5.82 Å². The molecular weight excluding hydrogens is 352 g/mol. The minimum absolute atomic E-state index is 0.163. The van der Waals surface area contributed by atoms with Crippen molar-refractivity contribution in [1.29, 1.82) is 0 Å². The lowest BCUT2D eigenvalue weighted by Crippen LogP contribution is -2.30. The highest BCUT2D eigenvalue weighted by molar-refractivity contribution is 6.32. The molecule has 1 aliphatic carbocycles. The maximum Gasteiger partial charge on any atom is 0.270 e. The van der Waals surface area contributed by atoms with Crippen LogP contribution in [-0.2, 0) is 0 Å². The molecule has 0 saturated heterocycles. The second kappa shape index (κ2) is 6.57. The molecule has 0 atom stereocenters. The summed E-state index contributed by atoms with van der Waals surface area (Å²) < 4.78 is 1.85. The predicted molar refractivity (Wildman–Crippen MR) is 100 cm³/mol. The van der Waals surface area contributed by atoms with E-state index in [1.54, 1.807) is 24.5 Å². The van der Waals surface area contributed by atoms with E-state index in [0.29, 0.717) is 22.3 Å². The van der Waals surface area contributed by atoms with Gasteiger partial charge in [-0.25, -0.2) is 14.6 Å². The number of nitrogens with zero attached hydrogens (tertiary/aromatic N) is 4. The zero-order chi connectivity index (χ0) is 18.3. The van der Waals surface area contributed by atoms with Gasteiger partial charge in [-0.3, -0.25) is 15.6 Å². The maximum absolute atomic E-state index is 12.8. The smallest absolute Gasteiger partial charge is 0.270 e. The summed E-state index contributed by atoms with van der Waals surface area (Å²) in [5.41, 5.74) is 7.68. The average Bonchev–Trinajstić information content (AvgIpc) is 3.38. The summed E-state index contributed by atoms with van der Waals surface area (Å²) in [5, 5.41) is 5.57. The monoisotopic (exact) mass is 370 g/mol. The summed E-state index contributed by atoms with van der Waals surface area (Å²) in [4.78, 5) is 21.7. The Kier molecular flexibility index (Phi) is 4.24. The van der Waals surface area contributed by atoms with E-state index >= 15 is 0 Å². The highest BCUT2D eigenvalue weighted by Crippen LogP contribution is 2.40. The number of hydrazine groups is 1. The van der Waals surface area contributed by atoms with Crippen LogP contribution in [0.3, 0.4) is 0 Å². The third kappa shape index (κ3) is 3.10. The van der Waals surface area contributed by atoms with Crippen LogP contribution in [0, 0.1) is 0 Å². The Bertz CT molecular complexity index is 979. The second-order valence-corrected chi connectivity index (χ2v) is 7.11. The van der Waals surface area contributed by atoms with Crippen LogP contribution >= 0.6 is 11.6 Å². The van der Waals surface area contributed by atoms with Crippen LogP contribution < -0.4 is 10.9 Å². The van der Waals surface area contributed by atoms with E-state index in [1.165, 1.54) is 0 Å².